The van der Waals surface area contributed by atoms with Gasteiger partial charge in [0.1, 0.15) is 5.58 Å². The molecule has 9 aromatic rings. The Bertz CT molecular complexity index is 3210. The molecule has 6 aromatic carbocycles. The Hall–Kier alpha value is -5.39. The standard InChI is InChI=1S/C37H31N2O.C23H34NSi.Ir/c1-23(2)30-21-26(25-13-6-5-7-14-25)22-31(24(3)4)35(30)39-33-19-10-9-18-32(33)38-37(39)29-17-12-16-28-27-15-8-11-20-34(27)40-36(28)29;1-22(2,3)15-18-14-20(24-16-21(18)25(7,8)9)17-11-10-12-19(13-17)23(4,5)6;/h5-16,18-24H,1-4H3;10,12-14,16H,15H2,1-9H3;/q2*-1;/i;15D2;. The van der Waals surface area contributed by atoms with Gasteiger partial charge in [-0.1, -0.05) is 172 Å². The minimum absolute atomic E-state index is 0. The van der Waals surface area contributed by atoms with Crippen LogP contribution in [0.2, 0.25) is 19.6 Å². The number of nitrogens with zero attached hydrogens (tertiary/aromatic N) is 3. The van der Waals surface area contributed by atoms with Crippen molar-refractivity contribution in [3.63, 3.8) is 0 Å². The van der Waals surface area contributed by atoms with Crippen LogP contribution in [-0.2, 0) is 31.9 Å². The zero-order chi connectivity index (χ0) is 48.2. The molecule has 0 atom stereocenters. The molecule has 0 aliphatic carbocycles. The molecular formula is C60H65IrN3OSi-2. The molecular weight excluding hydrogens is 999 g/mol. The van der Waals surface area contributed by atoms with Gasteiger partial charge in [-0.2, -0.15) is 0 Å². The van der Waals surface area contributed by atoms with Crippen LogP contribution in [-0.4, -0.2) is 22.6 Å². The Morgan fingerprint density at radius 1 is 0.712 bits per heavy atom. The van der Waals surface area contributed by atoms with Crippen LogP contribution in [0.3, 0.4) is 0 Å². The van der Waals surface area contributed by atoms with Gasteiger partial charge >= 0.3 is 0 Å². The first-order chi connectivity index (χ1) is 31.6. The van der Waals surface area contributed by atoms with E-state index in [1.54, 1.807) is 0 Å². The number of para-hydroxylation sites is 3. The van der Waals surface area contributed by atoms with E-state index in [0.29, 0.717) is 11.8 Å². The second-order valence-electron chi connectivity index (χ2n) is 21.1. The molecule has 3 heterocycles. The molecule has 4 nitrogen and oxygen atoms in total. The number of aromatic nitrogens is 3. The Kier molecular flexibility index (Phi) is 13.2. The number of imidazole rings is 1. The fourth-order valence-corrected chi connectivity index (χ4v) is 10.1. The Labute approximate surface area is 411 Å². The first-order valence-electron chi connectivity index (χ1n) is 24.1. The van der Waals surface area contributed by atoms with Crippen LogP contribution in [0.25, 0.3) is 72.4 Å². The van der Waals surface area contributed by atoms with Crippen molar-refractivity contribution in [2.45, 2.75) is 113 Å². The monoisotopic (exact) mass is 1070 g/mol. The topological polar surface area (TPSA) is 43.9 Å². The van der Waals surface area contributed by atoms with Gasteiger partial charge in [-0.25, -0.2) is 0 Å². The average Bonchev–Trinajstić information content (AvgIpc) is 3.87. The third kappa shape index (κ3) is 10.1. The zero-order valence-electron chi connectivity index (χ0n) is 42.9. The minimum Gasteiger partial charge on any atom is -0.501 e. The van der Waals surface area contributed by atoms with E-state index in [9.17, 15) is 0 Å². The van der Waals surface area contributed by atoms with E-state index >= 15 is 0 Å². The predicted molar refractivity (Wildman–Crippen MR) is 280 cm³/mol. The van der Waals surface area contributed by atoms with Crippen molar-refractivity contribution < 1.29 is 27.3 Å². The molecule has 3 aromatic heterocycles. The van der Waals surface area contributed by atoms with Crippen LogP contribution < -0.4 is 5.19 Å². The van der Waals surface area contributed by atoms with Crippen molar-refractivity contribution in [3.05, 3.63) is 168 Å². The maximum absolute atomic E-state index is 8.89. The van der Waals surface area contributed by atoms with Crippen molar-refractivity contribution >= 4 is 46.2 Å². The van der Waals surface area contributed by atoms with E-state index in [4.69, 9.17) is 17.1 Å². The second kappa shape index (κ2) is 19.1. The Balaban J connectivity index is 0.000000215. The Morgan fingerprint density at radius 3 is 2.00 bits per heavy atom. The molecule has 341 valence electrons. The quantitative estimate of drug-likeness (QED) is 0.113. The maximum Gasteiger partial charge on any atom is 0.120 e. The number of pyridine rings is 1. The van der Waals surface area contributed by atoms with E-state index in [1.165, 1.54) is 33.5 Å². The van der Waals surface area contributed by atoms with Gasteiger partial charge in [0.05, 0.1) is 30.5 Å². The van der Waals surface area contributed by atoms with Crippen LogP contribution in [0, 0.1) is 17.5 Å². The summed E-state index contributed by atoms with van der Waals surface area (Å²) in [6.45, 7) is 28.3. The molecule has 0 unspecified atom stereocenters. The summed E-state index contributed by atoms with van der Waals surface area (Å²) in [5.41, 5.74) is 14.2. The molecule has 0 bridgehead atoms. The first kappa shape index (κ1) is 45.7. The third-order valence-electron chi connectivity index (χ3n) is 12.0. The zero-order valence-corrected chi connectivity index (χ0v) is 44.3. The van der Waals surface area contributed by atoms with Crippen LogP contribution in [0.4, 0.5) is 0 Å². The van der Waals surface area contributed by atoms with Crippen LogP contribution in [0.5, 0.6) is 0 Å². The smallest absolute Gasteiger partial charge is 0.120 e. The third-order valence-corrected chi connectivity index (χ3v) is 14.0. The van der Waals surface area contributed by atoms with Gasteiger partial charge in [-0.3, -0.25) is 4.98 Å². The first-order valence-corrected chi connectivity index (χ1v) is 26.6. The van der Waals surface area contributed by atoms with Crippen LogP contribution in [0.15, 0.2) is 138 Å². The second-order valence-corrected chi connectivity index (χ2v) is 26.2. The number of benzene rings is 6. The van der Waals surface area contributed by atoms with Gasteiger partial charge in [0, 0.05) is 40.1 Å². The summed E-state index contributed by atoms with van der Waals surface area (Å²) in [5, 5.41) is 3.28. The largest absolute Gasteiger partial charge is 0.501 e. The predicted octanol–water partition coefficient (Wildman–Crippen LogP) is 16.3. The van der Waals surface area contributed by atoms with Gasteiger partial charge in [-0.15, -0.1) is 53.6 Å². The van der Waals surface area contributed by atoms with E-state index < -0.39 is 19.9 Å². The summed E-state index contributed by atoms with van der Waals surface area (Å²) in [7, 11) is -1.74. The SMILES string of the molecule is CC(C)c1cc(-c2ccccc2)cc(C(C)C)c1-n1c(-c2[c-]ccc3c2oc2ccccc23)nc2ccccc21.[2H]C([2H])(c1cc(-c2[c-]ccc(C(C)(C)C)c2)ncc1[Si](C)(C)C)C(C)(C)C.[Ir]. The fraction of sp³-hybridized carbons (Fsp3) is 0.300. The summed E-state index contributed by atoms with van der Waals surface area (Å²) in [5.74, 6) is 1.45. The normalized spacial score (nSPS) is 12.9. The van der Waals surface area contributed by atoms with Crippen molar-refractivity contribution in [2.24, 2.45) is 5.41 Å². The summed E-state index contributed by atoms with van der Waals surface area (Å²) in [4.78, 5) is 9.96. The molecule has 0 aliphatic rings. The summed E-state index contributed by atoms with van der Waals surface area (Å²) in [6.07, 6.45) is 0.472. The van der Waals surface area contributed by atoms with Gasteiger partial charge in [-0.05, 0) is 92.5 Å². The van der Waals surface area contributed by atoms with Gasteiger partial charge < -0.3 is 14.0 Å². The van der Waals surface area contributed by atoms with Gasteiger partial charge in [0.2, 0.25) is 0 Å². The van der Waals surface area contributed by atoms with E-state index in [2.05, 4.69) is 182 Å². The van der Waals surface area contributed by atoms with Crippen molar-refractivity contribution in [3.8, 4) is 39.5 Å². The van der Waals surface area contributed by atoms with Gasteiger partial charge in [0.15, 0.2) is 0 Å². The minimum atomic E-state index is -1.74. The number of furan rings is 1. The van der Waals surface area contributed by atoms with Crippen molar-refractivity contribution in [2.75, 3.05) is 0 Å². The number of rotatable bonds is 8. The average molecular weight is 1070 g/mol. The molecule has 66 heavy (non-hydrogen) atoms. The van der Waals surface area contributed by atoms with Crippen LogP contribution in [0.1, 0.15) is 106 Å². The Morgan fingerprint density at radius 2 is 1.35 bits per heavy atom. The summed E-state index contributed by atoms with van der Waals surface area (Å²) in [6, 6.07) is 51.1. The molecule has 0 spiro atoms. The molecule has 0 amide bonds. The molecule has 0 aliphatic heterocycles. The van der Waals surface area contributed by atoms with E-state index in [1.807, 2.05) is 57.3 Å². The molecule has 9 rings (SSSR count). The van der Waals surface area contributed by atoms with E-state index in [0.717, 1.165) is 66.4 Å². The molecule has 0 fully saturated rings. The van der Waals surface area contributed by atoms with E-state index in [-0.39, 0.29) is 25.5 Å². The number of fused-ring (bicyclic) bond motifs is 4. The van der Waals surface area contributed by atoms with Crippen molar-refractivity contribution in [1.82, 2.24) is 14.5 Å². The summed E-state index contributed by atoms with van der Waals surface area (Å²) >= 11 is 0. The molecule has 0 saturated heterocycles. The molecule has 1 radical (unpaired) electrons. The van der Waals surface area contributed by atoms with Crippen molar-refractivity contribution in [1.29, 1.82) is 0 Å². The summed E-state index contributed by atoms with van der Waals surface area (Å²) < 4.78 is 26.6. The molecule has 6 heteroatoms. The van der Waals surface area contributed by atoms with Crippen LogP contribution >= 0.6 is 0 Å². The maximum atomic E-state index is 8.89. The fourth-order valence-electron chi connectivity index (χ4n) is 8.68. The number of hydrogen-bond acceptors (Lipinski definition) is 3. The molecule has 0 N–H and O–H groups in total. The van der Waals surface area contributed by atoms with Gasteiger partial charge in [0.25, 0.3) is 0 Å². The molecule has 0 saturated carbocycles. The number of hydrogen-bond donors (Lipinski definition) is 0.